The van der Waals surface area contributed by atoms with Crippen molar-refractivity contribution < 1.29 is 23.7 Å². The van der Waals surface area contributed by atoms with Crippen LogP contribution >= 0.6 is 0 Å². The second-order valence-electron chi connectivity index (χ2n) is 8.72. The Morgan fingerprint density at radius 3 is 2.03 bits per heavy atom. The SMILES string of the molecule is [CH2]Oc1ccc(CN(C(=O)OCC2c3ccccc3-c3ccccc32)c2ccc(OC)cc2OC)cc1. The lowest BCUT2D eigenvalue weighted by atomic mass is 9.98. The van der Waals surface area contributed by atoms with Gasteiger partial charge >= 0.3 is 6.09 Å². The summed E-state index contributed by atoms with van der Waals surface area (Å²) in [5.41, 5.74) is 6.16. The summed E-state index contributed by atoms with van der Waals surface area (Å²) in [5.74, 6) is 1.73. The molecule has 1 radical (unpaired) electrons. The van der Waals surface area contributed by atoms with E-state index in [2.05, 4.69) is 31.4 Å². The van der Waals surface area contributed by atoms with Crippen LogP contribution in [0, 0.1) is 7.11 Å². The lowest BCUT2D eigenvalue weighted by molar-refractivity contribution is 0.149. The number of anilines is 1. The lowest BCUT2D eigenvalue weighted by Gasteiger charge is -2.25. The van der Waals surface area contributed by atoms with Crippen molar-refractivity contribution in [1.82, 2.24) is 0 Å². The average molecular weight is 495 g/mol. The quantitative estimate of drug-likeness (QED) is 0.269. The van der Waals surface area contributed by atoms with Gasteiger partial charge in [0.25, 0.3) is 0 Å². The molecule has 0 aromatic heterocycles. The van der Waals surface area contributed by atoms with Crippen molar-refractivity contribution in [2.45, 2.75) is 12.5 Å². The fraction of sp³-hybridized carbons (Fsp3) is 0.161. The lowest BCUT2D eigenvalue weighted by Crippen LogP contribution is -2.32. The van der Waals surface area contributed by atoms with Crippen molar-refractivity contribution in [3.05, 3.63) is 115 Å². The van der Waals surface area contributed by atoms with Crippen molar-refractivity contribution in [1.29, 1.82) is 0 Å². The summed E-state index contributed by atoms with van der Waals surface area (Å²) in [4.78, 5) is 15.2. The number of amides is 1. The van der Waals surface area contributed by atoms with Gasteiger partial charge < -0.3 is 18.9 Å². The van der Waals surface area contributed by atoms with Gasteiger partial charge in [-0.15, -0.1) is 0 Å². The van der Waals surface area contributed by atoms with Crippen LogP contribution in [0.2, 0.25) is 0 Å². The molecule has 6 nitrogen and oxygen atoms in total. The monoisotopic (exact) mass is 494 g/mol. The molecule has 0 saturated heterocycles. The van der Waals surface area contributed by atoms with Crippen molar-refractivity contribution in [3.8, 4) is 28.4 Å². The summed E-state index contributed by atoms with van der Waals surface area (Å²) in [7, 11) is 6.59. The molecule has 4 aromatic carbocycles. The number of rotatable bonds is 8. The molecule has 1 aliphatic rings. The molecule has 187 valence electrons. The maximum Gasteiger partial charge on any atom is 0.414 e. The minimum Gasteiger partial charge on any atom is -0.497 e. The number of hydrogen-bond donors (Lipinski definition) is 0. The molecule has 1 amide bonds. The molecule has 0 N–H and O–H groups in total. The van der Waals surface area contributed by atoms with Crippen LogP contribution in [0.15, 0.2) is 91.0 Å². The van der Waals surface area contributed by atoms with Crippen LogP contribution < -0.4 is 19.1 Å². The Balaban J connectivity index is 1.44. The molecule has 0 spiro atoms. The molecular weight excluding hydrogens is 466 g/mol. The number of hydrogen-bond acceptors (Lipinski definition) is 5. The zero-order valence-corrected chi connectivity index (χ0v) is 20.8. The van der Waals surface area contributed by atoms with E-state index >= 15 is 0 Å². The van der Waals surface area contributed by atoms with Crippen LogP contribution in [0.4, 0.5) is 10.5 Å². The van der Waals surface area contributed by atoms with Gasteiger partial charge in [0.1, 0.15) is 31.0 Å². The predicted molar refractivity (Wildman–Crippen MR) is 143 cm³/mol. The van der Waals surface area contributed by atoms with Gasteiger partial charge in [-0.1, -0.05) is 60.7 Å². The topological polar surface area (TPSA) is 57.2 Å². The first-order valence-electron chi connectivity index (χ1n) is 12.0. The van der Waals surface area contributed by atoms with E-state index in [1.807, 2.05) is 48.5 Å². The Morgan fingerprint density at radius 2 is 1.43 bits per heavy atom. The fourth-order valence-electron chi connectivity index (χ4n) is 4.80. The Morgan fingerprint density at radius 1 is 0.811 bits per heavy atom. The summed E-state index contributed by atoms with van der Waals surface area (Å²) < 4.78 is 22.0. The third kappa shape index (κ3) is 4.83. The fourth-order valence-corrected chi connectivity index (χ4v) is 4.80. The van der Waals surface area contributed by atoms with Crippen LogP contribution in [0.5, 0.6) is 17.2 Å². The van der Waals surface area contributed by atoms with E-state index in [1.165, 1.54) is 11.1 Å². The van der Waals surface area contributed by atoms with E-state index in [4.69, 9.17) is 18.9 Å². The Hall–Kier alpha value is -4.45. The minimum atomic E-state index is -0.470. The third-order valence-electron chi connectivity index (χ3n) is 6.66. The molecular formula is C31H28NO5. The van der Waals surface area contributed by atoms with Gasteiger partial charge in [0.05, 0.1) is 26.5 Å². The molecule has 37 heavy (non-hydrogen) atoms. The zero-order valence-electron chi connectivity index (χ0n) is 20.8. The number of ether oxygens (including phenoxy) is 4. The first-order valence-corrected chi connectivity index (χ1v) is 12.0. The van der Waals surface area contributed by atoms with Gasteiger partial charge in [-0.2, -0.15) is 0 Å². The van der Waals surface area contributed by atoms with Crippen molar-refractivity contribution in [2.24, 2.45) is 0 Å². The molecule has 0 fully saturated rings. The number of methoxy groups -OCH3 is 2. The number of benzene rings is 4. The molecule has 0 saturated carbocycles. The average Bonchev–Trinajstić information content (AvgIpc) is 3.28. The molecule has 0 atom stereocenters. The third-order valence-corrected chi connectivity index (χ3v) is 6.66. The van der Waals surface area contributed by atoms with Gasteiger partial charge in [0, 0.05) is 12.0 Å². The predicted octanol–water partition coefficient (Wildman–Crippen LogP) is 6.83. The minimum absolute atomic E-state index is 0.0375. The van der Waals surface area contributed by atoms with Gasteiger partial charge in [-0.3, -0.25) is 4.90 Å². The Kier molecular flexibility index (Phi) is 6.99. The summed E-state index contributed by atoms with van der Waals surface area (Å²) in [6, 6.07) is 29.3. The largest absolute Gasteiger partial charge is 0.497 e. The molecule has 6 heteroatoms. The van der Waals surface area contributed by atoms with E-state index in [1.54, 1.807) is 37.3 Å². The van der Waals surface area contributed by atoms with E-state index in [9.17, 15) is 4.79 Å². The van der Waals surface area contributed by atoms with Crippen LogP contribution in [-0.4, -0.2) is 26.9 Å². The highest BCUT2D eigenvalue weighted by Gasteiger charge is 2.30. The second-order valence-corrected chi connectivity index (χ2v) is 8.72. The van der Waals surface area contributed by atoms with Crippen molar-refractivity contribution in [2.75, 3.05) is 25.7 Å². The van der Waals surface area contributed by atoms with Crippen LogP contribution in [0.3, 0.4) is 0 Å². The molecule has 0 heterocycles. The summed E-state index contributed by atoms with van der Waals surface area (Å²) >= 11 is 0. The van der Waals surface area contributed by atoms with E-state index < -0.39 is 6.09 Å². The Bertz CT molecular complexity index is 1350. The Labute approximate surface area is 217 Å². The van der Waals surface area contributed by atoms with E-state index in [0.29, 0.717) is 22.9 Å². The molecule has 4 aromatic rings. The molecule has 0 aliphatic heterocycles. The van der Waals surface area contributed by atoms with Crippen LogP contribution in [0.1, 0.15) is 22.6 Å². The maximum absolute atomic E-state index is 13.7. The second kappa shape index (κ2) is 10.7. The standard InChI is InChI=1S/C31H28NO5/c1-34-22-14-12-21(13-15-22)19-32(29-17-16-23(35-2)18-30(29)36-3)31(33)37-20-28-26-10-6-4-8-24(26)25-9-5-7-11-27(25)28/h4-18,28H,1,19-20H2,2-3H3. The highest BCUT2D eigenvalue weighted by Crippen LogP contribution is 2.44. The number of fused-ring (bicyclic) bond motifs is 3. The van der Waals surface area contributed by atoms with Crippen LogP contribution in [-0.2, 0) is 11.3 Å². The smallest absolute Gasteiger partial charge is 0.414 e. The highest BCUT2D eigenvalue weighted by atomic mass is 16.6. The molecule has 1 aliphatic carbocycles. The summed E-state index contributed by atoms with van der Waals surface area (Å²) in [6.07, 6.45) is -0.470. The first-order chi connectivity index (χ1) is 18.1. The highest BCUT2D eigenvalue weighted by molar-refractivity contribution is 5.90. The number of carbonyl (C=O) groups is 1. The van der Waals surface area contributed by atoms with Crippen molar-refractivity contribution in [3.63, 3.8) is 0 Å². The van der Waals surface area contributed by atoms with Crippen molar-refractivity contribution >= 4 is 11.8 Å². The molecule has 0 bridgehead atoms. The van der Waals surface area contributed by atoms with Gasteiger partial charge in [0.2, 0.25) is 0 Å². The summed E-state index contributed by atoms with van der Waals surface area (Å²) in [6.45, 7) is 0.493. The first kappa shape index (κ1) is 24.3. The zero-order chi connectivity index (χ0) is 25.8. The number of carbonyl (C=O) groups excluding carboxylic acids is 1. The van der Waals surface area contributed by atoms with Crippen LogP contribution in [0.25, 0.3) is 11.1 Å². The maximum atomic E-state index is 13.7. The normalized spacial score (nSPS) is 11.9. The van der Waals surface area contributed by atoms with Gasteiger partial charge in [0.15, 0.2) is 0 Å². The van der Waals surface area contributed by atoms with Gasteiger partial charge in [-0.25, -0.2) is 4.79 Å². The van der Waals surface area contributed by atoms with E-state index in [0.717, 1.165) is 16.7 Å². The number of nitrogens with zero attached hydrogens (tertiary/aromatic N) is 1. The van der Waals surface area contributed by atoms with E-state index in [-0.39, 0.29) is 19.1 Å². The summed E-state index contributed by atoms with van der Waals surface area (Å²) in [5, 5.41) is 0. The van der Waals surface area contributed by atoms with Gasteiger partial charge in [-0.05, 0) is 52.1 Å². The molecule has 0 unspecified atom stereocenters. The molecule has 5 rings (SSSR count).